The lowest BCUT2D eigenvalue weighted by Crippen LogP contribution is -2.20. The van der Waals surface area contributed by atoms with Crippen LogP contribution in [-0.2, 0) is 18.6 Å². The van der Waals surface area contributed by atoms with Gasteiger partial charge >= 0.3 is 19.7 Å². The van der Waals surface area contributed by atoms with E-state index in [0.717, 1.165) is 0 Å². The second-order valence-corrected chi connectivity index (χ2v) is 5.07. The molecule has 0 rings (SSSR count). The van der Waals surface area contributed by atoms with Crippen molar-refractivity contribution in [3.63, 3.8) is 0 Å². The van der Waals surface area contributed by atoms with Crippen molar-refractivity contribution in [2.45, 2.75) is 26.1 Å². The quantitative estimate of drug-likeness (QED) is 0.604. The van der Waals surface area contributed by atoms with Crippen molar-refractivity contribution in [3.05, 3.63) is 0 Å². The molecule has 0 radical (unpaired) electrons. The Morgan fingerprint density at radius 1 is 1.44 bits per heavy atom. The van der Waals surface area contributed by atoms with E-state index in [1.807, 2.05) is 0 Å². The molecule has 0 aliphatic heterocycles. The van der Waals surface area contributed by atoms with Crippen molar-refractivity contribution in [1.82, 2.24) is 0 Å². The third kappa shape index (κ3) is 8.70. The number of carbonyl (C=O) groups excluding carboxylic acids is 1. The molecule has 1 unspecified atom stereocenters. The first kappa shape index (κ1) is 15.4. The Hall–Kier alpha value is -0.590. The zero-order chi connectivity index (χ0) is 13.0. The van der Waals surface area contributed by atoms with Gasteiger partial charge in [0.2, 0.25) is 0 Å². The van der Waals surface area contributed by atoms with Crippen LogP contribution in [0.1, 0.15) is 13.8 Å². The highest BCUT2D eigenvalue weighted by molar-refractivity contribution is 7.53. The number of ether oxygens (including phenoxy) is 1. The Bertz CT molecular complexity index is 288. The van der Waals surface area contributed by atoms with Crippen LogP contribution in [0.15, 0.2) is 0 Å². The molecule has 0 saturated carbocycles. The standard InChI is InChI=1S/C7H12F3O5P/c1-5(2)15-6(11)3-16(12,13)14-4-7(8,9)10/h5H,3-4H2,1-2H3,(H,12,13). The van der Waals surface area contributed by atoms with Gasteiger partial charge in [-0.15, -0.1) is 0 Å². The molecule has 0 fully saturated rings. The molecular weight excluding hydrogens is 252 g/mol. The number of carbonyl (C=O) groups is 1. The Morgan fingerprint density at radius 3 is 2.31 bits per heavy atom. The van der Waals surface area contributed by atoms with Gasteiger partial charge in [-0.1, -0.05) is 0 Å². The van der Waals surface area contributed by atoms with Gasteiger partial charge in [-0.3, -0.25) is 13.9 Å². The predicted octanol–water partition coefficient (Wildman–Crippen LogP) is 1.70. The van der Waals surface area contributed by atoms with Gasteiger partial charge in [-0.2, -0.15) is 13.2 Å². The number of hydrogen-bond donors (Lipinski definition) is 1. The van der Waals surface area contributed by atoms with Crippen LogP contribution < -0.4 is 0 Å². The first-order valence-corrected chi connectivity index (χ1v) is 6.01. The van der Waals surface area contributed by atoms with Crippen LogP contribution in [-0.4, -0.2) is 35.9 Å². The molecule has 16 heavy (non-hydrogen) atoms. The maximum absolute atomic E-state index is 11.7. The second kappa shape index (κ2) is 5.65. The molecule has 0 heterocycles. The summed E-state index contributed by atoms with van der Waals surface area (Å²) < 4.78 is 54.2. The molecule has 1 atom stereocenters. The molecule has 96 valence electrons. The van der Waals surface area contributed by atoms with Crippen molar-refractivity contribution < 1.29 is 36.7 Å². The average Bonchev–Trinajstić information content (AvgIpc) is 1.96. The lowest BCUT2D eigenvalue weighted by Gasteiger charge is -2.14. The normalized spacial score (nSPS) is 15.9. The summed E-state index contributed by atoms with van der Waals surface area (Å²) in [5.41, 5.74) is 0. The maximum Gasteiger partial charge on any atom is 0.412 e. The predicted molar refractivity (Wildman–Crippen MR) is 47.9 cm³/mol. The smallest absolute Gasteiger partial charge is 0.412 e. The molecule has 5 nitrogen and oxygen atoms in total. The fraction of sp³-hybridized carbons (Fsp3) is 0.857. The Kier molecular flexibility index (Phi) is 5.44. The summed E-state index contributed by atoms with van der Waals surface area (Å²) in [6.07, 6.45) is -6.34. The Labute approximate surface area is 90.1 Å². The molecule has 0 aliphatic rings. The summed E-state index contributed by atoms with van der Waals surface area (Å²) in [7, 11) is -4.60. The van der Waals surface area contributed by atoms with Crippen LogP contribution in [0, 0.1) is 0 Å². The minimum Gasteiger partial charge on any atom is -0.462 e. The van der Waals surface area contributed by atoms with E-state index in [1.54, 1.807) is 0 Å². The molecule has 9 heteroatoms. The third-order valence-corrected chi connectivity index (χ3v) is 2.32. The van der Waals surface area contributed by atoms with Crippen LogP contribution in [0.3, 0.4) is 0 Å². The average molecular weight is 264 g/mol. The molecule has 0 amide bonds. The lowest BCUT2D eigenvalue weighted by molar-refractivity contribution is -0.156. The summed E-state index contributed by atoms with van der Waals surface area (Å²) >= 11 is 0. The highest BCUT2D eigenvalue weighted by atomic mass is 31.2. The van der Waals surface area contributed by atoms with Gasteiger partial charge in [0.15, 0.2) is 6.61 Å². The van der Waals surface area contributed by atoms with Crippen molar-refractivity contribution >= 4 is 13.6 Å². The molecule has 0 aromatic rings. The summed E-state index contributed by atoms with van der Waals surface area (Å²) in [6, 6.07) is 0. The largest absolute Gasteiger partial charge is 0.462 e. The molecule has 1 N–H and O–H groups in total. The van der Waals surface area contributed by atoms with Crippen molar-refractivity contribution in [2.75, 3.05) is 12.8 Å². The first-order valence-electron chi connectivity index (χ1n) is 4.24. The van der Waals surface area contributed by atoms with Gasteiger partial charge in [0.1, 0.15) is 6.16 Å². The van der Waals surface area contributed by atoms with Gasteiger partial charge in [-0.25, -0.2) is 0 Å². The van der Waals surface area contributed by atoms with E-state index in [2.05, 4.69) is 9.26 Å². The van der Waals surface area contributed by atoms with E-state index in [1.165, 1.54) is 13.8 Å². The number of esters is 1. The molecule has 0 aromatic heterocycles. The van der Waals surface area contributed by atoms with E-state index < -0.39 is 38.6 Å². The first-order chi connectivity index (χ1) is 7.02. The van der Waals surface area contributed by atoms with Gasteiger partial charge in [0.05, 0.1) is 6.10 Å². The zero-order valence-corrected chi connectivity index (χ0v) is 9.55. The number of rotatable bonds is 5. The SMILES string of the molecule is CC(C)OC(=O)CP(=O)(O)OCC(F)(F)F. The zero-order valence-electron chi connectivity index (χ0n) is 8.65. The van der Waals surface area contributed by atoms with Crippen LogP contribution in [0.2, 0.25) is 0 Å². The van der Waals surface area contributed by atoms with E-state index in [4.69, 9.17) is 4.89 Å². The van der Waals surface area contributed by atoms with Crippen molar-refractivity contribution in [2.24, 2.45) is 0 Å². The van der Waals surface area contributed by atoms with Crippen LogP contribution in [0.4, 0.5) is 13.2 Å². The highest BCUT2D eigenvalue weighted by Crippen LogP contribution is 2.43. The van der Waals surface area contributed by atoms with Crippen LogP contribution in [0.25, 0.3) is 0 Å². The fourth-order valence-electron chi connectivity index (χ4n) is 0.683. The van der Waals surface area contributed by atoms with Crippen molar-refractivity contribution in [1.29, 1.82) is 0 Å². The number of hydrogen-bond acceptors (Lipinski definition) is 4. The number of halogens is 3. The minimum absolute atomic E-state index is 0.518. The summed E-state index contributed by atoms with van der Waals surface area (Å²) in [4.78, 5) is 19.8. The van der Waals surface area contributed by atoms with E-state index in [9.17, 15) is 22.5 Å². The fourth-order valence-corrected chi connectivity index (χ4v) is 1.52. The van der Waals surface area contributed by atoms with Gasteiger partial charge < -0.3 is 9.63 Å². The monoisotopic (exact) mass is 264 g/mol. The van der Waals surface area contributed by atoms with Gasteiger partial charge in [0.25, 0.3) is 0 Å². The van der Waals surface area contributed by atoms with Crippen LogP contribution >= 0.6 is 7.60 Å². The highest BCUT2D eigenvalue weighted by Gasteiger charge is 2.34. The maximum atomic E-state index is 11.7. The van der Waals surface area contributed by atoms with Crippen molar-refractivity contribution in [3.8, 4) is 0 Å². The summed E-state index contributed by atoms with van der Waals surface area (Å²) in [5.74, 6) is -1.08. The van der Waals surface area contributed by atoms with E-state index in [-0.39, 0.29) is 0 Å². The Balaban J connectivity index is 4.15. The molecular formula is C7H12F3O5P. The Morgan fingerprint density at radius 2 is 1.94 bits per heavy atom. The number of alkyl halides is 3. The molecule has 0 spiro atoms. The topological polar surface area (TPSA) is 72.8 Å². The minimum atomic E-state index is -4.72. The molecule has 0 bridgehead atoms. The van der Waals surface area contributed by atoms with Crippen LogP contribution in [0.5, 0.6) is 0 Å². The van der Waals surface area contributed by atoms with Gasteiger partial charge in [-0.05, 0) is 13.8 Å². The lowest BCUT2D eigenvalue weighted by atomic mass is 10.5. The summed E-state index contributed by atoms with van der Waals surface area (Å²) in [5, 5.41) is 0. The second-order valence-electron chi connectivity index (χ2n) is 3.22. The summed E-state index contributed by atoms with van der Waals surface area (Å²) in [6.45, 7) is 1.11. The third-order valence-electron chi connectivity index (χ3n) is 1.13. The molecule has 0 aliphatic carbocycles. The van der Waals surface area contributed by atoms with E-state index in [0.29, 0.717) is 0 Å². The van der Waals surface area contributed by atoms with Gasteiger partial charge in [0, 0.05) is 0 Å². The van der Waals surface area contributed by atoms with E-state index >= 15 is 0 Å². The molecule has 0 saturated heterocycles. The molecule has 0 aromatic carbocycles.